The van der Waals surface area contributed by atoms with Crippen molar-refractivity contribution in [2.24, 2.45) is 0 Å². The van der Waals surface area contributed by atoms with Gasteiger partial charge in [0.2, 0.25) is 0 Å². The maximum Gasteiger partial charge on any atom is 0.433 e. The van der Waals surface area contributed by atoms with Crippen molar-refractivity contribution in [3.8, 4) is 11.3 Å². The molecule has 142 valence electrons. The first-order chi connectivity index (χ1) is 12.4. The third-order valence-electron chi connectivity index (χ3n) is 3.58. The second-order valence-electron chi connectivity index (χ2n) is 7.03. The van der Waals surface area contributed by atoms with Crippen LogP contribution in [0.15, 0.2) is 40.9 Å². The topological polar surface area (TPSA) is 59.3 Å². The molecule has 5 nitrogen and oxygen atoms in total. The molecule has 9 heteroatoms. The van der Waals surface area contributed by atoms with E-state index in [1.165, 1.54) is 6.07 Å². The summed E-state index contributed by atoms with van der Waals surface area (Å²) in [6.07, 6.45) is -4.66. The van der Waals surface area contributed by atoms with Gasteiger partial charge in [-0.3, -0.25) is 4.79 Å². The smallest absolute Gasteiger partial charge is 0.346 e. The lowest BCUT2D eigenvalue weighted by Gasteiger charge is -2.19. The Labute approximate surface area is 161 Å². The van der Waals surface area contributed by atoms with Gasteiger partial charge in [0, 0.05) is 21.6 Å². The minimum atomic E-state index is -4.66. The molecule has 27 heavy (non-hydrogen) atoms. The minimum absolute atomic E-state index is 0.0539. The van der Waals surface area contributed by atoms with Crippen LogP contribution in [0.5, 0.6) is 0 Å². The summed E-state index contributed by atoms with van der Waals surface area (Å²) in [6, 6.07) is 8.92. The minimum Gasteiger partial charge on any atom is -0.346 e. The molecule has 0 aliphatic rings. The highest BCUT2D eigenvalue weighted by Gasteiger charge is 2.35. The van der Waals surface area contributed by atoms with Gasteiger partial charge in [-0.2, -0.15) is 18.3 Å². The number of hydrogen-bond acceptors (Lipinski definition) is 3. The number of halogens is 4. The Hall–Kier alpha value is -2.42. The van der Waals surface area contributed by atoms with Crippen molar-refractivity contribution in [2.45, 2.75) is 32.5 Å². The fourth-order valence-corrected chi connectivity index (χ4v) is 2.72. The molecule has 1 aromatic carbocycles. The molecule has 0 radical (unpaired) electrons. The molecule has 0 aliphatic carbocycles. The molecule has 1 N–H and O–H groups in total. The number of alkyl halides is 3. The first-order valence-electron chi connectivity index (χ1n) is 8.00. The van der Waals surface area contributed by atoms with Crippen molar-refractivity contribution >= 4 is 27.5 Å². The van der Waals surface area contributed by atoms with Crippen LogP contribution in [0.1, 0.15) is 37.0 Å². The molecule has 3 rings (SSSR count). The molecule has 0 bridgehead atoms. The number of nitrogens with zero attached hydrogens (tertiary/aromatic N) is 3. The fourth-order valence-electron chi connectivity index (χ4n) is 2.46. The summed E-state index contributed by atoms with van der Waals surface area (Å²) in [7, 11) is 0. The van der Waals surface area contributed by atoms with Gasteiger partial charge >= 0.3 is 6.18 Å². The summed E-state index contributed by atoms with van der Waals surface area (Å²) in [5.41, 5.74) is -1.06. The molecule has 0 saturated heterocycles. The van der Waals surface area contributed by atoms with Gasteiger partial charge < -0.3 is 5.32 Å². The van der Waals surface area contributed by atoms with E-state index < -0.39 is 23.3 Å². The normalized spacial score (nSPS) is 12.4. The largest absolute Gasteiger partial charge is 0.433 e. The summed E-state index contributed by atoms with van der Waals surface area (Å²) in [5, 5.41) is 6.50. The molecule has 0 atom stereocenters. The van der Waals surface area contributed by atoms with E-state index in [1.54, 1.807) is 45.0 Å². The zero-order chi connectivity index (χ0) is 20.0. The predicted molar refractivity (Wildman–Crippen MR) is 98.3 cm³/mol. The third-order valence-corrected chi connectivity index (χ3v) is 4.11. The first-order valence-corrected chi connectivity index (χ1v) is 8.80. The van der Waals surface area contributed by atoms with E-state index in [1.807, 2.05) is 0 Å². The Balaban J connectivity index is 2.16. The number of fused-ring (bicyclic) bond motifs is 1. The van der Waals surface area contributed by atoms with Crippen LogP contribution in [-0.4, -0.2) is 26.0 Å². The second kappa shape index (κ2) is 6.63. The quantitative estimate of drug-likeness (QED) is 0.627. The van der Waals surface area contributed by atoms with Crippen LogP contribution in [0.2, 0.25) is 0 Å². The Morgan fingerprint density at radius 1 is 1.11 bits per heavy atom. The van der Waals surface area contributed by atoms with Gasteiger partial charge in [-0.25, -0.2) is 9.50 Å². The lowest BCUT2D eigenvalue weighted by molar-refractivity contribution is -0.142. The number of amides is 1. The summed E-state index contributed by atoms with van der Waals surface area (Å²) in [6.45, 7) is 5.31. The monoisotopic (exact) mass is 440 g/mol. The Morgan fingerprint density at radius 3 is 2.30 bits per heavy atom. The van der Waals surface area contributed by atoms with Gasteiger partial charge in [0.1, 0.15) is 0 Å². The number of hydrogen-bond donors (Lipinski definition) is 1. The van der Waals surface area contributed by atoms with Crippen molar-refractivity contribution in [2.75, 3.05) is 0 Å². The Kier molecular flexibility index (Phi) is 4.75. The standard InChI is InChI=1S/C18H16BrF3N4O/c1-17(2,3)24-16(27)13-9-15-23-12(10-4-6-11(19)7-5-10)8-14(18(20,21)22)26(15)25-13/h4-9H,1-3H3,(H,24,27). The van der Waals surface area contributed by atoms with Crippen molar-refractivity contribution in [3.05, 3.63) is 52.3 Å². The van der Waals surface area contributed by atoms with Crippen molar-refractivity contribution in [3.63, 3.8) is 0 Å². The highest BCUT2D eigenvalue weighted by molar-refractivity contribution is 9.10. The number of benzene rings is 1. The highest BCUT2D eigenvalue weighted by Crippen LogP contribution is 2.32. The zero-order valence-electron chi connectivity index (χ0n) is 14.7. The average molecular weight is 441 g/mol. The van der Waals surface area contributed by atoms with E-state index in [4.69, 9.17) is 0 Å². The molecular formula is C18H16BrF3N4O. The molecule has 0 aliphatic heterocycles. The lowest BCUT2D eigenvalue weighted by atomic mass is 10.1. The van der Waals surface area contributed by atoms with E-state index in [9.17, 15) is 18.0 Å². The summed E-state index contributed by atoms with van der Waals surface area (Å²) in [4.78, 5) is 16.5. The van der Waals surface area contributed by atoms with Crippen LogP contribution in [-0.2, 0) is 6.18 Å². The third kappa shape index (κ3) is 4.29. The molecule has 0 fully saturated rings. The van der Waals surface area contributed by atoms with Crippen molar-refractivity contribution < 1.29 is 18.0 Å². The van der Waals surface area contributed by atoms with Gasteiger partial charge in [-0.15, -0.1) is 0 Å². The highest BCUT2D eigenvalue weighted by atomic mass is 79.9. The maximum atomic E-state index is 13.6. The van der Waals surface area contributed by atoms with Gasteiger partial charge in [-0.1, -0.05) is 28.1 Å². The van der Waals surface area contributed by atoms with Crippen LogP contribution in [0, 0.1) is 0 Å². The number of aromatic nitrogens is 3. The van der Waals surface area contributed by atoms with E-state index in [-0.39, 0.29) is 17.0 Å². The van der Waals surface area contributed by atoms with Gasteiger partial charge in [0.15, 0.2) is 17.0 Å². The number of nitrogens with one attached hydrogen (secondary N) is 1. The number of carbonyl (C=O) groups is 1. The predicted octanol–water partition coefficient (Wildman–Crippen LogP) is 4.71. The Bertz CT molecular complexity index is 1000. The molecule has 1 amide bonds. The molecule has 2 aromatic heterocycles. The van der Waals surface area contributed by atoms with E-state index in [0.29, 0.717) is 10.1 Å². The molecule has 0 saturated carbocycles. The van der Waals surface area contributed by atoms with Crippen molar-refractivity contribution in [1.29, 1.82) is 0 Å². The van der Waals surface area contributed by atoms with E-state index in [0.717, 1.165) is 10.5 Å². The van der Waals surface area contributed by atoms with Gasteiger partial charge in [0.25, 0.3) is 5.91 Å². The summed E-state index contributed by atoms with van der Waals surface area (Å²) < 4.78 is 42.1. The maximum absolute atomic E-state index is 13.6. The van der Waals surface area contributed by atoms with Crippen molar-refractivity contribution in [1.82, 2.24) is 19.9 Å². The molecular weight excluding hydrogens is 425 g/mol. The van der Waals surface area contributed by atoms with E-state index >= 15 is 0 Å². The number of carbonyl (C=O) groups excluding carboxylic acids is 1. The molecule has 2 heterocycles. The molecule has 0 unspecified atom stereocenters. The van der Waals surface area contributed by atoms with Crippen LogP contribution in [0.3, 0.4) is 0 Å². The average Bonchev–Trinajstić information content (AvgIpc) is 2.96. The van der Waals surface area contributed by atoms with Crippen LogP contribution >= 0.6 is 15.9 Å². The molecule has 0 spiro atoms. The first kappa shape index (κ1) is 19.3. The zero-order valence-corrected chi connectivity index (χ0v) is 16.3. The fraction of sp³-hybridized carbons (Fsp3) is 0.278. The van der Waals surface area contributed by atoms with Gasteiger partial charge in [-0.05, 0) is 39.0 Å². The number of rotatable bonds is 2. The summed E-state index contributed by atoms with van der Waals surface area (Å²) in [5.74, 6) is -0.564. The Morgan fingerprint density at radius 2 is 1.74 bits per heavy atom. The van der Waals surface area contributed by atoms with Gasteiger partial charge in [0.05, 0.1) is 5.69 Å². The SMILES string of the molecule is CC(C)(C)NC(=O)c1cc2nc(-c3ccc(Br)cc3)cc(C(F)(F)F)n2n1. The molecule has 3 aromatic rings. The van der Waals surface area contributed by atoms with Crippen LogP contribution < -0.4 is 5.32 Å². The van der Waals surface area contributed by atoms with Crippen LogP contribution in [0.25, 0.3) is 16.9 Å². The van der Waals surface area contributed by atoms with E-state index in [2.05, 4.69) is 31.3 Å². The lowest BCUT2D eigenvalue weighted by Crippen LogP contribution is -2.40. The summed E-state index contributed by atoms with van der Waals surface area (Å²) >= 11 is 3.29. The van der Waals surface area contributed by atoms with Crippen LogP contribution in [0.4, 0.5) is 13.2 Å². The second-order valence-corrected chi connectivity index (χ2v) is 7.95.